The first-order valence-electron chi connectivity index (χ1n) is 4.12. The first-order valence-corrected chi connectivity index (χ1v) is 4.50. The van der Waals surface area contributed by atoms with E-state index in [0.29, 0.717) is 6.07 Å². The van der Waals surface area contributed by atoms with Crippen molar-refractivity contribution in [1.29, 1.82) is 0 Å². The Hall–Kier alpha value is -1.05. The molecule has 0 radical (unpaired) electrons. The predicted octanol–water partition coefficient (Wildman–Crippen LogP) is 3.34. The standard InChI is InChI=1S/C8H5ClF6N2/c1-4-16-3-2-5(17-4)6(10,11)7(12,13)8(9,14)15/h2-3H,1H3. The zero-order valence-electron chi connectivity index (χ0n) is 8.19. The molecule has 1 heterocycles. The molecule has 17 heavy (non-hydrogen) atoms. The molecule has 1 aromatic rings. The summed E-state index contributed by atoms with van der Waals surface area (Å²) in [7, 11) is 0. The number of aryl methyl sites for hydroxylation is 1. The van der Waals surface area contributed by atoms with Gasteiger partial charge in [-0.1, -0.05) is 0 Å². The van der Waals surface area contributed by atoms with Gasteiger partial charge in [-0.05, 0) is 24.6 Å². The van der Waals surface area contributed by atoms with Gasteiger partial charge in [0.25, 0.3) is 0 Å². The van der Waals surface area contributed by atoms with Gasteiger partial charge in [0, 0.05) is 6.20 Å². The fraction of sp³-hybridized carbons (Fsp3) is 0.500. The van der Waals surface area contributed by atoms with Gasteiger partial charge >= 0.3 is 17.2 Å². The molecule has 0 saturated carbocycles. The van der Waals surface area contributed by atoms with E-state index in [-0.39, 0.29) is 5.82 Å². The zero-order chi connectivity index (χ0) is 13.5. The predicted molar refractivity (Wildman–Crippen MR) is 46.4 cm³/mol. The van der Waals surface area contributed by atoms with Gasteiger partial charge in [-0.3, -0.25) is 0 Å². The molecule has 0 amide bonds. The van der Waals surface area contributed by atoms with E-state index in [1.165, 1.54) is 0 Å². The molecule has 0 unspecified atom stereocenters. The Kier molecular flexibility index (Phi) is 3.30. The van der Waals surface area contributed by atoms with Gasteiger partial charge in [-0.25, -0.2) is 9.97 Å². The van der Waals surface area contributed by atoms with Crippen molar-refractivity contribution in [2.75, 3.05) is 0 Å². The van der Waals surface area contributed by atoms with Crippen molar-refractivity contribution in [3.8, 4) is 0 Å². The quantitative estimate of drug-likeness (QED) is 0.626. The van der Waals surface area contributed by atoms with Crippen LogP contribution < -0.4 is 0 Å². The van der Waals surface area contributed by atoms with Crippen molar-refractivity contribution in [1.82, 2.24) is 9.97 Å². The smallest absolute Gasteiger partial charge is 0.242 e. The van der Waals surface area contributed by atoms with Crippen molar-refractivity contribution < 1.29 is 26.3 Å². The number of hydrogen-bond donors (Lipinski definition) is 0. The van der Waals surface area contributed by atoms with Crippen LogP contribution in [0.25, 0.3) is 0 Å². The Morgan fingerprint density at radius 3 is 2.06 bits per heavy atom. The Morgan fingerprint density at radius 1 is 1.12 bits per heavy atom. The number of aromatic nitrogens is 2. The Morgan fingerprint density at radius 2 is 1.65 bits per heavy atom. The minimum absolute atomic E-state index is 0.254. The van der Waals surface area contributed by atoms with Crippen LogP contribution in [0.5, 0.6) is 0 Å². The van der Waals surface area contributed by atoms with Gasteiger partial charge in [0.1, 0.15) is 11.5 Å². The number of hydrogen-bond acceptors (Lipinski definition) is 2. The molecule has 96 valence electrons. The lowest BCUT2D eigenvalue weighted by Gasteiger charge is -2.28. The summed E-state index contributed by atoms with van der Waals surface area (Å²) < 4.78 is 76.6. The normalized spacial score (nSPS) is 13.9. The van der Waals surface area contributed by atoms with Crippen LogP contribution in [-0.4, -0.2) is 21.3 Å². The highest BCUT2D eigenvalue weighted by molar-refractivity contribution is 6.22. The minimum Gasteiger partial charge on any atom is -0.242 e. The molecule has 1 rings (SSSR count). The van der Waals surface area contributed by atoms with Crippen molar-refractivity contribution >= 4 is 11.6 Å². The van der Waals surface area contributed by atoms with E-state index < -0.39 is 22.9 Å². The topological polar surface area (TPSA) is 25.8 Å². The maximum Gasteiger partial charge on any atom is 0.392 e. The van der Waals surface area contributed by atoms with Crippen molar-refractivity contribution in [2.45, 2.75) is 24.2 Å². The fourth-order valence-electron chi connectivity index (χ4n) is 0.970. The number of halogens is 7. The Balaban J connectivity index is 3.28. The Bertz CT molecular complexity index is 417. The summed E-state index contributed by atoms with van der Waals surface area (Å²) in [6.07, 6.45) is 0.758. The highest BCUT2D eigenvalue weighted by Gasteiger charge is 2.72. The summed E-state index contributed by atoms with van der Waals surface area (Å²) in [6.45, 7) is 1.15. The molecule has 0 aromatic carbocycles. The lowest BCUT2D eigenvalue weighted by Crippen LogP contribution is -2.49. The monoisotopic (exact) mass is 278 g/mol. The van der Waals surface area contributed by atoms with Crippen molar-refractivity contribution in [3.05, 3.63) is 23.8 Å². The summed E-state index contributed by atoms with van der Waals surface area (Å²) in [4.78, 5) is 6.38. The van der Waals surface area contributed by atoms with E-state index >= 15 is 0 Å². The summed E-state index contributed by atoms with van der Waals surface area (Å²) in [5.74, 6) is -11.2. The van der Waals surface area contributed by atoms with Crippen LogP contribution in [0.4, 0.5) is 26.3 Å². The highest BCUT2D eigenvalue weighted by atomic mass is 35.5. The van der Waals surface area contributed by atoms with Gasteiger partial charge in [0.05, 0.1) is 0 Å². The number of rotatable bonds is 3. The van der Waals surface area contributed by atoms with Crippen LogP contribution in [0.15, 0.2) is 12.3 Å². The molecule has 2 nitrogen and oxygen atoms in total. The molecule has 0 N–H and O–H groups in total. The molecular weight excluding hydrogens is 274 g/mol. The molecule has 1 aromatic heterocycles. The molecule has 0 aliphatic heterocycles. The van der Waals surface area contributed by atoms with E-state index in [4.69, 9.17) is 0 Å². The molecule has 9 heteroatoms. The largest absolute Gasteiger partial charge is 0.392 e. The van der Waals surface area contributed by atoms with Crippen LogP contribution >= 0.6 is 11.6 Å². The molecular formula is C8H5ClF6N2. The van der Waals surface area contributed by atoms with Crippen LogP contribution in [0.3, 0.4) is 0 Å². The average molecular weight is 279 g/mol. The van der Waals surface area contributed by atoms with Gasteiger partial charge in [0.2, 0.25) is 0 Å². The van der Waals surface area contributed by atoms with Crippen LogP contribution in [-0.2, 0) is 5.92 Å². The average Bonchev–Trinajstić information content (AvgIpc) is 2.15. The van der Waals surface area contributed by atoms with Gasteiger partial charge in [-0.15, -0.1) is 0 Å². The second-order valence-corrected chi connectivity index (χ2v) is 3.61. The van der Waals surface area contributed by atoms with Gasteiger partial charge < -0.3 is 0 Å². The highest BCUT2D eigenvalue weighted by Crippen LogP contribution is 2.52. The number of nitrogens with zero attached hydrogens (tertiary/aromatic N) is 2. The third-order valence-electron chi connectivity index (χ3n) is 1.85. The minimum atomic E-state index is -5.76. The molecule has 0 atom stereocenters. The lowest BCUT2D eigenvalue weighted by atomic mass is 10.1. The molecule has 0 aliphatic rings. The summed E-state index contributed by atoms with van der Waals surface area (Å²) in [5, 5.41) is -5.39. The van der Waals surface area contributed by atoms with Gasteiger partial charge in [0.15, 0.2) is 0 Å². The summed E-state index contributed by atoms with van der Waals surface area (Å²) in [5.41, 5.74) is -1.52. The molecule has 0 aliphatic carbocycles. The third-order valence-corrected chi connectivity index (χ3v) is 2.09. The van der Waals surface area contributed by atoms with E-state index in [1.807, 2.05) is 0 Å². The molecule has 0 fully saturated rings. The van der Waals surface area contributed by atoms with E-state index in [1.54, 1.807) is 0 Å². The first-order chi connectivity index (χ1) is 7.50. The zero-order valence-corrected chi connectivity index (χ0v) is 8.95. The van der Waals surface area contributed by atoms with Crippen LogP contribution in [0, 0.1) is 6.92 Å². The van der Waals surface area contributed by atoms with Gasteiger partial charge in [-0.2, -0.15) is 26.3 Å². The Labute approximate surface area is 96.6 Å². The summed E-state index contributed by atoms with van der Waals surface area (Å²) in [6, 6.07) is 0.420. The van der Waals surface area contributed by atoms with Crippen LogP contribution in [0.1, 0.15) is 11.5 Å². The van der Waals surface area contributed by atoms with E-state index in [0.717, 1.165) is 13.1 Å². The SMILES string of the molecule is Cc1nccc(C(F)(F)C(F)(F)C(F)(F)Cl)n1. The van der Waals surface area contributed by atoms with E-state index in [9.17, 15) is 26.3 Å². The summed E-state index contributed by atoms with van der Waals surface area (Å²) >= 11 is 3.99. The second-order valence-electron chi connectivity index (χ2n) is 3.14. The fourth-order valence-corrected chi connectivity index (χ4v) is 1.09. The van der Waals surface area contributed by atoms with Crippen molar-refractivity contribution in [3.63, 3.8) is 0 Å². The first kappa shape index (κ1) is 14.0. The van der Waals surface area contributed by atoms with Crippen LogP contribution in [0.2, 0.25) is 0 Å². The molecule has 0 bridgehead atoms. The van der Waals surface area contributed by atoms with E-state index in [2.05, 4.69) is 21.6 Å². The molecule has 0 spiro atoms. The van der Waals surface area contributed by atoms with Crippen molar-refractivity contribution in [2.24, 2.45) is 0 Å². The maximum atomic E-state index is 13.2. The maximum absolute atomic E-state index is 13.2. The molecule has 0 saturated heterocycles. The third kappa shape index (κ3) is 2.31. The second kappa shape index (κ2) is 4.01. The number of alkyl halides is 7. The lowest BCUT2D eigenvalue weighted by molar-refractivity contribution is -0.287.